The first-order chi connectivity index (χ1) is 20.4. The molecule has 2 aliphatic rings. The molecular formula is C33H45FN4O5. The van der Waals surface area contributed by atoms with E-state index in [4.69, 9.17) is 19.3 Å². The van der Waals surface area contributed by atoms with Crippen LogP contribution in [-0.2, 0) is 15.9 Å². The van der Waals surface area contributed by atoms with Gasteiger partial charge in [0, 0.05) is 38.6 Å². The number of amides is 1. The van der Waals surface area contributed by atoms with Crippen LogP contribution in [0.5, 0.6) is 11.5 Å². The molecule has 1 N–H and O–H groups in total. The Morgan fingerprint density at radius 2 is 1.93 bits per heavy atom. The average molecular weight is 597 g/mol. The number of rotatable bonds is 9. The van der Waals surface area contributed by atoms with Gasteiger partial charge in [0.25, 0.3) is 0 Å². The largest absolute Gasteiger partial charge is 0.505 e. The van der Waals surface area contributed by atoms with E-state index in [1.54, 1.807) is 0 Å². The van der Waals surface area contributed by atoms with Crippen molar-refractivity contribution in [3.63, 3.8) is 0 Å². The van der Waals surface area contributed by atoms with Crippen molar-refractivity contribution >= 4 is 17.0 Å². The Labute approximate surface area is 253 Å². The average Bonchev–Trinajstić information content (AvgIpc) is 3.36. The maximum absolute atomic E-state index is 14.6. The van der Waals surface area contributed by atoms with Gasteiger partial charge in [-0.25, -0.2) is 13.9 Å². The number of carbonyl (C=O) groups is 1. The molecule has 1 amide bonds. The van der Waals surface area contributed by atoms with Gasteiger partial charge in [0.1, 0.15) is 17.5 Å². The second kappa shape index (κ2) is 12.7. The van der Waals surface area contributed by atoms with Crippen molar-refractivity contribution in [3.05, 3.63) is 41.8 Å². The number of phenols is 1. The zero-order chi connectivity index (χ0) is 30.9. The highest BCUT2D eigenvalue weighted by atomic mass is 19.1. The summed E-state index contributed by atoms with van der Waals surface area (Å²) in [5, 5.41) is 15.6. The Balaban J connectivity index is 1.44. The van der Waals surface area contributed by atoms with E-state index < -0.39 is 11.4 Å². The molecule has 234 valence electrons. The van der Waals surface area contributed by atoms with Gasteiger partial charge in [0.05, 0.1) is 17.1 Å². The van der Waals surface area contributed by atoms with Gasteiger partial charge < -0.3 is 29.1 Å². The molecule has 1 unspecified atom stereocenters. The molecule has 10 heteroatoms. The molecule has 0 radical (unpaired) electrons. The summed E-state index contributed by atoms with van der Waals surface area (Å²) in [6.07, 6.45) is 6.14. The molecule has 1 aromatic heterocycles. The van der Waals surface area contributed by atoms with Crippen molar-refractivity contribution in [2.24, 2.45) is 0 Å². The van der Waals surface area contributed by atoms with E-state index in [1.807, 2.05) is 69.7 Å². The van der Waals surface area contributed by atoms with E-state index in [0.29, 0.717) is 43.7 Å². The number of carbonyl (C=O) groups excluding carboxylic acids is 1. The molecule has 43 heavy (non-hydrogen) atoms. The summed E-state index contributed by atoms with van der Waals surface area (Å²) >= 11 is 0. The zero-order valence-corrected chi connectivity index (χ0v) is 26.2. The predicted molar refractivity (Wildman–Crippen MR) is 164 cm³/mol. The summed E-state index contributed by atoms with van der Waals surface area (Å²) in [5.74, 6) is -0.366. The number of benzene rings is 2. The number of aromatic hydroxyl groups is 1. The van der Waals surface area contributed by atoms with E-state index in [9.17, 15) is 14.3 Å². The van der Waals surface area contributed by atoms with Crippen molar-refractivity contribution < 1.29 is 28.5 Å². The van der Waals surface area contributed by atoms with Crippen LogP contribution in [0.2, 0.25) is 0 Å². The SMILES string of the molecule is CCc1cc(O)c(F)cc1-c1cc(OC2CC(N(CCN(C)C)C(=O)OC(C)(C)C)C2)c2cnn(C3CCCCO3)c2c1. The Kier molecular flexibility index (Phi) is 9.18. The van der Waals surface area contributed by atoms with Crippen molar-refractivity contribution in [3.8, 4) is 22.6 Å². The Morgan fingerprint density at radius 3 is 2.58 bits per heavy atom. The number of fused-ring (bicyclic) bond motifs is 1. The molecule has 2 fully saturated rings. The second-order valence-electron chi connectivity index (χ2n) is 13.0. The third-order valence-corrected chi connectivity index (χ3v) is 8.19. The first-order valence-corrected chi connectivity index (χ1v) is 15.4. The number of hydrogen-bond donors (Lipinski definition) is 1. The minimum atomic E-state index is -0.666. The van der Waals surface area contributed by atoms with E-state index in [2.05, 4.69) is 4.90 Å². The van der Waals surface area contributed by atoms with E-state index in [1.165, 1.54) is 12.1 Å². The molecular weight excluding hydrogens is 551 g/mol. The number of aryl methyl sites for hydroxylation is 1. The lowest BCUT2D eigenvalue weighted by Crippen LogP contribution is -2.54. The first kappa shape index (κ1) is 31.1. The molecule has 1 saturated heterocycles. The lowest BCUT2D eigenvalue weighted by Gasteiger charge is -2.43. The molecule has 1 saturated carbocycles. The van der Waals surface area contributed by atoms with Crippen LogP contribution in [0, 0.1) is 5.82 Å². The van der Waals surface area contributed by atoms with Gasteiger partial charge >= 0.3 is 6.09 Å². The van der Waals surface area contributed by atoms with Gasteiger partial charge in [-0.05, 0) is 102 Å². The van der Waals surface area contributed by atoms with Crippen molar-refractivity contribution in [1.29, 1.82) is 0 Å². The number of aromatic nitrogens is 2. The maximum atomic E-state index is 14.6. The highest BCUT2D eigenvalue weighted by molar-refractivity contribution is 5.91. The molecule has 2 heterocycles. The standard InChI is InChI=1S/C33H45FN4O5/c1-7-21-15-29(39)27(34)19-25(21)22-14-28-26(20-35-38(28)31-10-8-9-13-41-31)30(16-22)42-24-17-23(18-24)37(12-11-36(5)6)32(40)43-33(2,3)4/h14-16,19-20,23-24,31,39H,7-13,17-18H2,1-6H3. The van der Waals surface area contributed by atoms with Crippen LogP contribution in [0.4, 0.5) is 9.18 Å². The van der Waals surface area contributed by atoms with Crippen LogP contribution in [-0.4, -0.2) is 82.3 Å². The number of hydrogen-bond acceptors (Lipinski definition) is 7. The maximum Gasteiger partial charge on any atom is 0.410 e. The van der Waals surface area contributed by atoms with Crippen LogP contribution in [0.1, 0.15) is 71.6 Å². The molecule has 1 aliphatic carbocycles. The van der Waals surface area contributed by atoms with Crippen LogP contribution in [0.25, 0.3) is 22.0 Å². The summed E-state index contributed by atoms with van der Waals surface area (Å²) in [6.45, 7) is 9.60. The lowest BCUT2D eigenvalue weighted by atomic mass is 9.87. The number of nitrogens with zero attached hydrogens (tertiary/aromatic N) is 4. The summed E-state index contributed by atoms with van der Waals surface area (Å²) in [4.78, 5) is 17.0. The van der Waals surface area contributed by atoms with E-state index >= 15 is 0 Å². The third kappa shape index (κ3) is 7.07. The van der Waals surface area contributed by atoms with Gasteiger partial charge in [0.2, 0.25) is 0 Å². The van der Waals surface area contributed by atoms with Gasteiger partial charge in [-0.2, -0.15) is 5.10 Å². The monoisotopic (exact) mass is 596 g/mol. The van der Waals surface area contributed by atoms with Crippen molar-refractivity contribution in [2.75, 3.05) is 33.8 Å². The topological polar surface area (TPSA) is 89.3 Å². The fraction of sp³-hybridized carbons (Fsp3) is 0.576. The second-order valence-corrected chi connectivity index (χ2v) is 13.0. The molecule has 3 aromatic rings. The summed E-state index contributed by atoms with van der Waals surface area (Å²) in [7, 11) is 3.97. The van der Waals surface area contributed by atoms with Gasteiger partial charge in [-0.15, -0.1) is 0 Å². The summed E-state index contributed by atoms with van der Waals surface area (Å²) in [5.41, 5.74) is 2.60. The molecule has 1 atom stereocenters. The third-order valence-electron chi connectivity index (χ3n) is 8.19. The smallest absolute Gasteiger partial charge is 0.410 e. The van der Waals surface area contributed by atoms with Crippen LogP contribution in [0.3, 0.4) is 0 Å². The lowest BCUT2D eigenvalue weighted by molar-refractivity contribution is -0.0366. The molecule has 0 bridgehead atoms. The minimum Gasteiger partial charge on any atom is -0.505 e. The first-order valence-electron chi connectivity index (χ1n) is 15.4. The Bertz CT molecular complexity index is 1440. The van der Waals surface area contributed by atoms with Crippen LogP contribution >= 0.6 is 0 Å². The van der Waals surface area contributed by atoms with Crippen molar-refractivity contribution in [2.45, 2.75) is 90.2 Å². The molecule has 0 spiro atoms. The molecule has 1 aliphatic heterocycles. The highest BCUT2D eigenvalue weighted by Gasteiger charge is 2.39. The van der Waals surface area contributed by atoms with Crippen molar-refractivity contribution in [1.82, 2.24) is 19.6 Å². The minimum absolute atomic E-state index is 0.00900. The Hall–Kier alpha value is -3.37. The van der Waals surface area contributed by atoms with E-state index in [-0.39, 0.29) is 30.2 Å². The van der Waals surface area contributed by atoms with E-state index in [0.717, 1.165) is 47.8 Å². The molecule has 2 aromatic carbocycles. The highest BCUT2D eigenvalue weighted by Crippen LogP contribution is 2.40. The predicted octanol–water partition coefficient (Wildman–Crippen LogP) is 6.52. The van der Waals surface area contributed by atoms with Gasteiger partial charge in [-0.3, -0.25) is 0 Å². The fourth-order valence-corrected chi connectivity index (χ4v) is 5.80. The quantitative estimate of drug-likeness (QED) is 0.301. The number of halogens is 1. The van der Waals surface area contributed by atoms with Gasteiger partial charge in [-0.1, -0.05) is 6.92 Å². The van der Waals surface area contributed by atoms with Gasteiger partial charge in [0.15, 0.2) is 17.8 Å². The molecule has 5 rings (SSSR count). The molecule has 9 nitrogen and oxygen atoms in total. The summed E-state index contributed by atoms with van der Waals surface area (Å²) < 4.78 is 34.9. The summed E-state index contributed by atoms with van der Waals surface area (Å²) in [6, 6.07) is 6.83. The number of likely N-dealkylation sites (N-methyl/N-ethyl adjacent to an activating group) is 1. The van der Waals surface area contributed by atoms with Crippen LogP contribution in [0.15, 0.2) is 30.5 Å². The van der Waals surface area contributed by atoms with Crippen LogP contribution < -0.4 is 4.74 Å². The number of ether oxygens (including phenoxy) is 3. The number of phenolic OH excluding ortho intramolecular Hbond substituents is 1. The normalized spacial score (nSPS) is 20.7. The zero-order valence-electron chi connectivity index (χ0n) is 26.2. The Morgan fingerprint density at radius 1 is 1.16 bits per heavy atom. The fourth-order valence-electron chi connectivity index (χ4n) is 5.80.